The highest BCUT2D eigenvalue weighted by molar-refractivity contribution is 5.79. The number of hydrogen-bond acceptors (Lipinski definition) is 4. The van der Waals surface area contributed by atoms with Gasteiger partial charge in [-0.25, -0.2) is 9.78 Å². The number of anilines is 1. The maximum absolute atomic E-state index is 10.7. The van der Waals surface area contributed by atoms with E-state index in [4.69, 9.17) is 16.6 Å². The Bertz CT molecular complexity index is 336. The van der Waals surface area contributed by atoms with Crippen molar-refractivity contribution in [3.63, 3.8) is 0 Å². The van der Waals surface area contributed by atoms with Gasteiger partial charge < -0.3 is 16.6 Å². The van der Waals surface area contributed by atoms with Gasteiger partial charge in [-0.1, -0.05) is 6.07 Å². The zero-order chi connectivity index (χ0) is 10.1. The number of carbonyl (C=O) groups is 1. The highest BCUT2D eigenvalue weighted by Gasteiger charge is 2.31. The first-order valence-corrected chi connectivity index (χ1v) is 3.70. The maximum Gasteiger partial charge on any atom is 0.329 e. The predicted molar refractivity (Wildman–Crippen MR) is 47.8 cm³/mol. The van der Waals surface area contributed by atoms with E-state index in [-0.39, 0.29) is 11.5 Å². The summed E-state index contributed by atoms with van der Waals surface area (Å²) >= 11 is 0. The normalized spacial score (nSPS) is 14.9. The Morgan fingerprint density at radius 2 is 2.23 bits per heavy atom. The summed E-state index contributed by atoms with van der Waals surface area (Å²) in [5.74, 6) is -0.874. The van der Waals surface area contributed by atoms with Gasteiger partial charge in [-0.05, 0) is 19.1 Å². The Morgan fingerprint density at radius 3 is 2.69 bits per heavy atom. The molecule has 0 bridgehead atoms. The third-order valence-electron chi connectivity index (χ3n) is 1.75. The minimum Gasteiger partial charge on any atom is -0.480 e. The first kappa shape index (κ1) is 9.47. The quantitative estimate of drug-likeness (QED) is 0.592. The second kappa shape index (κ2) is 3.02. The van der Waals surface area contributed by atoms with Gasteiger partial charge in [-0.15, -0.1) is 0 Å². The zero-order valence-electron chi connectivity index (χ0n) is 7.19. The number of nitrogens with zero attached hydrogens (tertiary/aromatic N) is 1. The summed E-state index contributed by atoms with van der Waals surface area (Å²) in [6.07, 6.45) is 0. The molecule has 0 fully saturated rings. The fraction of sp³-hybridized carbons (Fsp3) is 0.250. The number of aliphatic carboxylic acids is 1. The van der Waals surface area contributed by atoms with Crippen LogP contribution in [0, 0.1) is 0 Å². The van der Waals surface area contributed by atoms with Crippen LogP contribution >= 0.6 is 0 Å². The van der Waals surface area contributed by atoms with Crippen LogP contribution in [0.15, 0.2) is 18.2 Å². The lowest BCUT2D eigenvalue weighted by Crippen LogP contribution is -2.42. The van der Waals surface area contributed by atoms with Crippen LogP contribution in [0.5, 0.6) is 0 Å². The van der Waals surface area contributed by atoms with Crippen LogP contribution in [0.25, 0.3) is 0 Å². The molecule has 5 N–H and O–H groups in total. The van der Waals surface area contributed by atoms with Crippen molar-refractivity contribution in [1.29, 1.82) is 0 Å². The molecule has 1 heterocycles. The number of pyridine rings is 1. The van der Waals surface area contributed by atoms with Crippen molar-refractivity contribution in [1.82, 2.24) is 4.98 Å². The van der Waals surface area contributed by atoms with Crippen LogP contribution in [0.3, 0.4) is 0 Å². The monoisotopic (exact) mass is 181 g/mol. The molecule has 0 saturated heterocycles. The predicted octanol–water partition coefficient (Wildman–Crippen LogP) is -0.0777. The van der Waals surface area contributed by atoms with Crippen molar-refractivity contribution in [2.45, 2.75) is 12.5 Å². The number of aromatic nitrogens is 1. The van der Waals surface area contributed by atoms with Crippen molar-refractivity contribution in [3.8, 4) is 0 Å². The van der Waals surface area contributed by atoms with E-state index in [9.17, 15) is 4.79 Å². The molecule has 0 radical (unpaired) electrons. The number of nitrogen functional groups attached to an aromatic ring is 1. The highest BCUT2D eigenvalue weighted by Crippen LogP contribution is 2.16. The molecule has 1 rings (SSSR count). The van der Waals surface area contributed by atoms with Crippen LogP contribution < -0.4 is 11.5 Å². The number of rotatable bonds is 2. The van der Waals surface area contributed by atoms with Crippen LogP contribution in [-0.4, -0.2) is 16.1 Å². The topological polar surface area (TPSA) is 102 Å². The Balaban J connectivity index is 3.14. The van der Waals surface area contributed by atoms with Gasteiger partial charge in [0, 0.05) is 0 Å². The third kappa shape index (κ3) is 1.75. The Morgan fingerprint density at radius 1 is 1.62 bits per heavy atom. The minimum atomic E-state index is -1.49. The minimum absolute atomic E-state index is 0.250. The van der Waals surface area contributed by atoms with Crippen molar-refractivity contribution in [3.05, 3.63) is 23.9 Å². The van der Waals surface area contributed by atoms with Gasteiger partial charge >= 0.3 is 5.97 Å². The Labute approximate surface area is 75.4 Å². The molecule has 1 aromatic rings. The summed E-state index contributed by atoms with van der Waals surface area (Å²) in [6.45, 7) is 1.37. The summed E-state index contributed by atoms with van der Waals surface area (Å²) in [7, 11) is 0. The van der Waals surface area contributed by atoms with Gasteiger partial charge in [0.25, 0.3) is 0 Å². The van der Waals surface area contributed by atoms with Gasteiger partial charge in [0.15, 0.2) is 5.54 Å². The molecule has 0 aliphatic carbocycles. The Hall–Kier alpha value is -1.62. The second-order valence-electron chi connectivity index (χ2n) is 2.96. The van der Waals surface area contributed by atoms with Gasteiger partial charge in [-0.2, -0.15) is 0 Å². The smallest absolute Gasteiger partial charge is 0.329 e. The van der Waals surface area contributed by atoms with Crippen molar-refractivity contribution in [2.24, 2.45) is 5.73 Å². The van der Waals surface area contributed by atoms with Crippen molar-refractivity contribution in [2.75, 3.05) is 5.73 Å². The van der Waals surface area contributed by atoms with E-state index in [0.717, 1.165) is 0 Å². The van der Waals surface area contributed by atoms with Crippen LogP contribution in [0.1, 0.15) is 12.6 Å². The number of carboxylic acid groups (broad SMARTS) is 1. The molecule has 5 heteroatoms. The molecule has 0 saturated carbocycles. The molecular weight excluding hydrogens is 170 g/mol. The second-order valence-corrected chi connectivity index (χ2v) is 2.96. The summed E-state index contributed by atoms with van der Waals surface area (Å²) in [4.78, 5) is 14.6. The Kier molecular flexibility index (Phi) is 2.20. The molecule has 0 aliphatic heterocycles. The molecular formula is C8H11N3O2. The fourth-order valence-electron chi connectivity index (χ4n) is 0.850. The average Bonchev–Trinajstić information content (AvgIpc) is 2.04. The standard InChI is InChI=1S/C8H11N3O2/c1-8(10,7(12)13)5-3-2-4-6(9)11-5/h2-4H,10H2,1H3,(H2,9,11)(H,12,13)/t8-/m0/s1. The molecule has 0 unspecified atom stereocenters. The van der Waals surface area contributed by atoms with Crippen LogP contribution in [0.2, 0.25) is 0 Å². The largest absolute Gasteiger partial charge is 0.480 e. The van der Waals surface area contributed by atoms with Crippen molar-refractivity contribution >= 4 is 11.8 Å². The summed E-state index contributed by atoms with van der Waals surface area (Å²) in [5.41, 5.74) is 9.69. The van der Waals surface area contributed by atoms with E-state index in [1.54, 1.807) is 12.1 Å². The van der Waals surface area contributed by atoms with E-state index in [1.165, 1.54) is 13.0 Å². The molecule has 0 amide bonds. The summed E-state index contributed by atoms with van der Waals surface area (Å²) < 4.78 is 0. The number of carboxylic acids is 1. The maximum atomic E-state index is 10.7. The first-order valence-electron chi connectivity index (χ1n) is 3.70. The summed E-state index contributed by atoms with van der Waals surface area (Å²) in [6, 6.07) is 4.72. The third-order valence-corrected chi connectivity index (χ3v) is 1.75. The van der Waals surface area contributed by atoms with Gasteiger partial charge in [0.1, 0.15) is 5.82 Å². The van der Waals surface area contributed by atoms with E-state index in [2.05, 4.69) is 4.98 Å². The lowest BCUT2D eigenvalue weighted by atomic mass is 9.99. The number of nitrogens with two attached hydrogens (primary N) is 2. The average molecular weight is 181 g/mol. The zero-order valence-corrected chi connectivity index (χ0v) is 7.19. The van der Waals surface area contributed by atoms with E-state index < -0.39 is 11.5 Å². The van der Waals surface area contributed by atoms with Crippen LogP contribution in [0.4, 0.5) is 5.82 Å². The van der Waals surface area contributed by atoms with Gasteiger partial charge in [-0.3, -0.25) is 0 Å². The van der Waals surface area contributed by atoms with E-state index in [0.29, 0.717) is 0 Å². The molecule has 0 aliphatic rings. The number of hydrogen-bond donors (Lipinski definition) is 3. The summed E-state index contributed by atoms with van der Waals surface area (Å²) in [5, 5.41) is 8.78. The SMILES string of the molecule is C[C@@](N)(C(=O)O)c1cccc(N)n1. The molecule has 70 valence electrons. The first-order chi connectivity index (χ1) is 5.94. The van der Waals surface area contributed by atoms with Crippen molar-refractivity contribution < 1.29 is 9.90 Å². The molecule has 13 heavy (non-hydrogen) atoms. The van der Waals surface area contributed by atoms with Gasteiger partial charge in [0.2, 0.25) is 0 Å². The highest BCUT2D eigenvalue weighted by atomic mass is 16.4. The molecule has 1 aromatic heterocycles. The van der Waals surface area contributed by atoms with Gasteiger partial charge in [0.05, 0.1) is 5.69 Å². The van der Waals surface area contributed by atoms with E-state index >= 15 is 0 Å². The molecule has 0 spiro atoms. The lowest BCUT2D eigenvalue weighted by molar-refractivity contribution is -0.143. The fourth-order valence-corrected chi connectivity index (χ4v) is 0.850. The lowest BCUT2D eigenvalue weighted by Gasteiger charge is -2.18. The molecule has 5 nitrogen and oxygen atoms in total. The molecule has 0 aromatic carbocycles. The van der Waals surface area contributed by atoms with Crippen LogP contribution in [-0.2, 0) is 10.3 Å². The molecule has 1 atom stereocenters. The van der Waals surface area contributed by atoms with E-state index in [1.807, 2.05) is 0 Å².